The highest BCUT2D eigenvalue weighted by Gasteiger charge is 2.10. The number of hydrazine groups is 1. The molecule has 0 amide bonds. The van der Waals surface area contributed by atoms with Crippen LogP contribution in [0.5, 0.6) is 0 Å². The molecular formula is C6H10F2N4. The second-order valence-electron chi connectivity index (χ2n) is 2.28. The van der Waals surface area contributed by atoms with E-state index in [0.717, 1.165) is 12.5 Å². The minimum Gasteiger partial charge on any atom is -0.370 e. The third-order valence-electron chi connectivity index (χ3n) is 1.22. The van der Waals surface area contributed by atoms with Gasteiger partial charge >= 0.3 is 0 Å². The molecule has 0 atom stereocenters. The Labute approximate surface area is 68.8 Å². The lowest BCUT2D eigenvalue weighted by Crippen LogP contribution is -2.37. The monoisotopic (exact) mass is 176 g/mol. The third kappa shape index (κ3) is 2.37. The molecule has 0 spiro atoms. The fourth-order valence-corrected chi connectivity index (χ4v) is 0.739. The zero-order chi connectivity index (χ0) is 8.97. The molecule has 6 heteroatoms. The van der Waals surface area contributed by atoms with Crippen molar-refractivity contribution in [1.82, 2.24) is 16.1 Å². The number of nitrogens with zero attached hydrogens (tertiary/aromatic N) is 2. The molecule has 1 rings (SSSR count). The van der Waals surface area contributed by atoms with Crippen LogP contribution in [0.4, 0.5) is 8.87 Å². The Morgan fingerprint density at radius 3 is 3.08 bits per heavy atom. The van der Waals surface area contributed by atoms with Gasteiger partial charge in [0, 0.05) is 12.6 Å². The van der Waals surface area contributed by atoms with E-state index in [-0.39, 0.29) is 11.2 Å². The molecule has 0 saturated carbocycles. The fraction of sp³-hybridized carbons (Fsp3) is 0.500. The van der Waals surface area contributed by atoms with Gasteiger partial charge in [0.1, 0.15) is 5.82 Å². The maximum absolute atomic E-state index is 12.4. The van der Waals surface area contributed by atoms with E-state index in [1.807, 2.05) is 6.92 Å². The van der Waals surface area contributed by atoms with Gasteiger partial charge in [-0.1, -0.05) is 16.5 Å². The molecular weight excluding hydrogens is 166 g/mol. The Hall–Kier alpha value is -1.33. The number of rotatable bonds is 3. The predicted octanol–water partition coefficient (Wildman–Crippen LogP) is 0.815. The quantitative estimate of drug-likeness (QED) is 0.625. The van der Waals surface area contributed by atoms with Crippen molar-refractivity contribution >= 4 is 5.97 Å². The van der Waals surface area contributed by atoms with Gasteiger partial charge in [0.25, 0.3) is 0 Å². The summed E-state index contributed by atoms with van der Waals surface area (Å²) in [7, 11) is 0. The molecule has 2 N–H and O–H groups in total. The Bertz CT molecular complexity index is 214. The number of hydrogen-bond donors (Lipinski definition) is 2. The normalized spacial score (nSPS) is 16.4. The minimum atomic E-state index is -0.866. The molecule has 1 heterocycles. The first-order valence-corrected chi connectivity index (χ1v) is 3.64. The van der Waals surface area contributed by atoms with E-state index >= 15 is 0 Å². The first-order valence-electron chi connectivity index (χ1n) is 3.64. The highest BCUT2D eigenvalue weighted by molar-refractivity contribution is 5.87. The molecule has 0 saturated heterocycles. The summed E-state index contributed by atoms with van der Waals surface area (Å²) in [6.45, 7) is 2.61. The van der Waals surface area contributed by atoms with Crippen molar-refractivity contribution in [2.75, 3.05) is 6.54 Å². The first-order chi connectivity index (χ1) is 5.72. The van der Waals surface area contributed by atoms with Gasteiger partial charge in [0.15, 0.2) is 0 Å². The molecule has 4 nitrogen and oxygen atoms in total. The summed E-state index contributed by atoms with van der Waals surface area (Å²) in [5, 5.41) is 5.44. The zero-order valence-electron chi connectivity index (χ0n) is 6.64. The minimum absolute atomic E-state index is 0.173. The number of halogens is 2. The van der Waals surface area contributed by atoms with Crippen LogP contribution in [0.2, 0.25) is 0 Å². The van der Waals surface area contributed by atoms with Crippen molar-refractivity contribution in [1.29, 1.82) is 0 Å². The molecule has 0 fully saturated rings. The molecule has 12 heavy (non-hydrogen) atoms. The van der Waals surface area contributed by atoms with E-state index in [1.165, 1.54) is 0 Å². The topological polar surface area (TPSA) is 39.7 Å². The van der Waals surface area contributed by atoms with Gasteiger partial charge in [-0.3, -0.25) is 0 Å². The van der Waals surface area contributed by atoms with Crippen LogP contribution in [0.15, 0.2) is 17.0 Å². The summed E-state index contributed by atoms with van der Waals surface area (Å²) >= 11 is 0. The average molecular weight is 176 g/mol. The van der Waals surface area contributed by atoms with Crippen LogP contribution in [0.25, 0.3) is 0 Å². The van der Waals surface area contributed by atoms with E-state index in [4.69, 9.17) is 0 Å². The highest BCUT2D eigenvalue weighted by atomic mass is 19.2. The summed E-state index contributed by atoms with van der Waals surface area (Å²) in [5.74, 6) is -0.596. The van der Waals surface area contributed by atoms with Crippen molar-refractivity contribution < 1.29 is 8.87 Å². The lowest BCUT2D eigenvalue weighted by molar-refractivity contribution is -0.0230. The van der Waals surface area contributed by atoms with Crippen molar-refractivity contribution in [3.8, 4) is 0 Å². The van der Waals surface area contributed by atoms with Crippen LogP contribution in [0.3, 0.4) is 0 Å². The standard InChI is InChI=1S/C6H10F2N4/c1-2-3-9-6-4-5(7)10-12(8)11-6/h4,9,11H,2-3H2,1H3. The van der Waals surface area contributed by atoms with Gasteiger partial charge in [-0.25, -0.2) is 5.43 Å². The smallest absolute Gasteiger partial charge is 0.239 e. The van der Waals surface area contributed by atoms with Crippen LogP contribution in [-0.4, -0.2) is 17.9 Å². The Balaban J connectivity index is 2.49. The van der Waals surface area contributed by atoms with Crippen molar-refractivity contribution in [3.05, 3.63) is 11.9 Å². The number of allylic oxidation sites excluding steroid dienone is 1. The van der Waals surface area contributed by atoms with Gasteiger partial charge in [-0.15, -0.1) is 0 Å². The molecule has 68 valence electrons. The lowest BCUT2D eigenvalue weighted by atomic mass is 10.4. The molecule has 1 aliphatic rings. The van der Waals surface area contributed by atoms with E-state index < -0.39 is 5.97 Å². The van der Waals surface area contributed by atoms with Crippen LogP contribution in [0, 0.1) is 0 Å². The Morgan fingerprint density at radius 1 is 1.75 bits per heavy atom. The average Bonchev–Trinajstić information content (AvgIpc) is 1.99. The summed E-state index contributed by atoms with van der Waals surface area (Å²) < 4.78 is 24.7. The second kappa shape index (κ2) is 3.89. The summed E-state index contributed by atoms with van der Waals surface area (Å²) in [5.41, 5.74) is 2.17. The molecule has 0 aromatic carbocycles. The highest BCUT2D eigenvalue weighted by Crippen LogP contribution is 2.00. The summed E-state index contributed by atoms with van der Waals surface area (Å²) in [4.78, 5) is 0. The summed E-state index contributed by atoms with van der Waals surface area (Å²) in [6, 6.07) is 0. The van der Waals surface area contributed by atoms with Gasteiger partial charge in [0.2, 0.25) is 5.97 Å². The van der Waals surface area contributed by atoms with Gasteiger partial charge in [-0.2, -0.15) is 4.39 Å². The first kappa shape index (κ1) is 8.76. The number of hydrogen-bond acceptors (Lipinski definition) is 4. The van der Waals surface area contributed by atoms with Gasteiger partial charge in [-0.05, 0) is 11.8 Å². The summed E-state index contributed by atoms with van der Waals surface area (Å²) in [6.07, 6.45) is 1.97. The molecule has 0 aliphatic carbocycles. The zero-order valence-corrected chi connectivity index (χ0v) is 6.64. The third-order valence-corrected chi connectivity index (χ3v) is 1.22. The number of nitrogens with one attached hydrogen (secondary N) is 2. The largest absolute Gasteiger partial charge is 0.370 e. The molecule has 0 aromatic heterocycles. The van der Waals surface area contributed by atoms with E-state index in [9.17, 15) is 8.87 Å². The van der Waals surface area contributed by atoms with Crippen molar-refractivity contribution in [2.24, 2.45) is 5.10 Å². The SMILES string of the molecule is CCCNC1=CC(F)=NN(F)N1. The van der Waals surface area contributed by atoms with Crippen molar-refractivity contribution in [2.45, 2.75) is 13.3 Å². The van der Waals surface area contributed by atoms with Crippen LogP contribution < -0.4 is 10.7 Å². The van der Waals surface area contributed by atoms with Crippen LogP contribution >= 0.6 is 0 Å². The molecule has 0 aromatic rings. The second-order valence-corrected chi connectivity index (χ2v) is 2.28. The predicted molar refractivity (Wildman–Crippen MR) is 41.0 cm³/mol. The van der Waals surface area contributed by atoms with Crippen LogP contribution in [0.1, 0.15) is 13.3 Å². The maximum Gasteiger partial charge on any atom is 0.239 e. The number of hydrazone groups is 1. The van der Waals surface area contributed by atoms with Gasteiger partial charge in [0.05, 0.1) is 0 Å². The lowest BCUT2D eigenvalue weighted by Gasteiger charge is -2.17. The van der Waals surface area contributed by atoms with Gasteiger partial charge < -0.3 is 5.32 Å². The fourth-order valence-electron chi connectivity index (χ4n) is 0.739. The van der Waals surface area contributed by atoms with E-state index in [2.05, 4.69) is 15.8 Å². The molecule has 0 bridgehead atoms. The molecule has 1 aliphatic heterocycles. The Kier molecular flexibility index (Phi) is 2.84. The van der Waals surface area contributed by atoms with Crippen LogP contribution in [-0.2, 0) is 0 Å². The van der Waals surface area contributed by atoms with E-state index in [1.54, 1.807) is 0 Å². The molecule has 0 unspecified atom stereocenters. The maximum atomic E-state index is 12.4. The molecule has 0 radical (unpaired) electrons. The van der Waals surface area contributed by atoms with Crippen molar-refractivity contribution in [3.63, 3.8) is 0 Å². The van der Waals surface area contributed by atoms with E-state index in [0.29, 0.717) is 6.54 Å². The Morgan fingerprint density at radius 2 is 2.50 bits per heavy atom.